The highest BCUT2D eigenvalue weighted by molar-refractivity contribution is 7.45. The molecule has 0 aromatic carbocycles. The SMILES string of the molecule is CCCC(O)O.O=P(O)(O)O. The van der Waals surface area contributed by atoms with Crippen LogP contribution in [-0.2, 0) is 4.57 Å². The van der Waals surface area contributed by atoms with Crippen molar-refractivity contribution >= 4 is 7.82 Å². The van der Waals surface area contributed by atoms with Crippen LogP contribution in [0.4, 0.5) is 0 Å². The van der Waals surface area contributed by atoms with E-state index in [4.69, 9.17) is 29.5 Å². The van der Waals surface area contributed by atoms with E-state index in [0.717, 1.165) is 6.42 Å². The zero-order valence-corrected chi connectivity index (χ0v) is 6.98. The molecule has 0 aromatic rings. The Balaban J connectivity index is 0. The molecule has 0 aliphatic carbocycles. The van der Waals surface area contributed by atoms with Crippen LogP contribution in [0.3, 0.4) is 0 Å². The lowest BCUT2D eigenvalue weighted by Crippen LogP contribution is -2.01. The van der Waals surface area contributed by atoms with Gasteiger partial charge in [-0.15, -0.1) is 0 Å². The third kappa shape index (κ3) is 70.4. The number of hydrogen-bond acceptors (Lipinski definition) is 3. The van der Waals surface area contributed by atoms with E-state index in [2.05, 4.69) is 0 Å². The van der Waals surface area contributed by atoms with Gasteiger partial charge in [-0.3, -0.25) is 0 Å². The Morgan fingerprint density at radius 2 is 1.55 bits per heavy atom. The molecule has 0 atom stereocenters. The Morgan fingerprint density at radius 1 is 1.27 bits per heavy atom. The van der Waals surface area contributed by atoms with Gasteiger partial charge in [0.1, 0.15) is 0 Å². The molecule has 0 saturated heterocycles. The standard InChI is InChI=1S/C4H10O2.H3O4P/c1-2-3-4(5)6;1-5(2,3)4/h4-6H,2-3H2,1H3;(H3,1,2,3,4). The molecule has 6 nitrogen and oxygen atoms in total. The molecule has 5 N–H and O–H groups in total. The zero-order chi connectivity index (χ0) is 9.49. The quantitative estimate of drug-likeness (QED) is 0.285. The Morgan fingerprint density at radius 3 is 1.55 bits per heavy atom. The third-order valence-electron chi connectivity index (χ3n) is 0.547. The minimum absolute atomic E-state index is 0.486. The Bertz CT molecular complexity index is 109. The molecule has 0 bridgehead atoms. The Labute approximate surface area is 64.4 Å². The first-order chi connectivity index (χ1) is 4.77. The number of rotatable bonds is 2. The van der Waals surface area contributed by atoms with Crippen LogP contribution in [0, 0.1) is 0 Å². The van der Waals surface area contributed by atoms with E-state index in [-0.39, 0.29) is 0 Å². The number of phosphoric acid groups is 1. The lowest BCUT2D eigenvalue weighted by molar-refractivity contribution is -0.0453. The summed E-state index contributed by atoms with van der Waals surface area (Å²) in [6, 6.07) is 0. The van der Waals surface area contributed by atoms with Crippen molar-refractivity contribution in [1.82, 2.24) is 0 Å². The number of aliphatic hydroxyl groups excluding tert-OH is 1. The maximum atomic E-state index is 8.88. The number of hydrogen-bond donors (Lipinski definition) is 5. The van der Waals surface area contributed by atoms with Crippen molar-refractivity contribution in [3.8, 4) is 0 Å². The summed E-state index contributed by atoms with van der Waals surface area (Å²) in [7, 11) is -4.64. The van der Waals surface area contributed by atoms with Crippen molar-refractivity contribution in [2.75, 3.05) is 0 Å². The van der Waals surface area contributed by atoms with Crippen LogP contribution < -0.4 is 0 Å². The van der Waals surface area contributed by atoms with Gasteiger partial charge in [0.05, 0.1) is 0 Å². The molecule has 0 aliphatic heterocycles. The molecule has 7 heteroatoms. The molecule has 0 spiro atoms. The minimum atomic E-state index is -4.64. The molecule has 11 heavy (non-hydrogen) atoms. The molecule has 0 amide bonds. The fourth-order valence-corrected chi connectivity index (χ4v) is 0.258. The van der Waals surface area contributed by atoms with Gasteiger partial charge in [0, 0.05) is 0 Å². The van der Waals surface area contributed by atoms with Gasteiger partial charge in [0.15, 0.2) is 6.29 Å². The maximum absolute atomic E-state index is 8.88. The molecule has 70 valence electrons. The zero-order valence-electron chi connectivity index (χ0n) is 6.08. The summed E-state index contributed by atoms with van der Waals surface area (Å²) in [5, 5.41) is 16.2. The van der Waals surface area contributed by atoms with Crippen LogP contribution in [0.15, 0.2) is 0 Å². The first-order valence-electron chi connectivity index (χ1n) is 2.91. The minimum Gasteiger partial charge on any atom is -0.368 e. The summed E-state index contributed by atoms with van der Waals surface area (Å²) in [4.78, 5) is 21.6. The van der Waals surface area contributed by atoms with Crippen molar-refractivity contribution in [2.24, 2.45) is 0 Å². The summed E-state index contributed by atoms with van der Waals surface area (Å²) >= 11 is 0. The van der Waals surface area contributed by atoms with Gasteiger partial charge in [-0.1, -0.05) is 13.3 Å². The summed E-state index contributed by atoms with van der Waals surface area (Å²) in [5.41, 5.74) is 0. The van der Waals surface area contributed by atoms with E-state index < -0.39 is 14.1 Å². The van der Waals surface area contributed by atoms with Crippen molar-refractivity contribution in [3.05, 3.63) is 0 Å². The molecular weight excluding hydrogens is 175 g/mol. The maximum Gasteiger partial charge on any atom is 0.466 e. The van der Waals surface area contributed by atoms with E-state index in [1.807, 2.05) is 6.92 Å². The third-order valence-corrected chi connectivity index (χ3v) is 0.547. The van der Waals surface area contributed by atoms with Crippen LogP contribution in [0.25, 0.3) is 0 Å². The summed E-state index contributed by atoms with van der Waals surface area (Å²) in [6.45, 7) is 1.90. The van der Waals surface area contributed by atoms with Crippen LogP contribution in [0.1, 0.15) is 19.8 Å². The highest BCUT2D eigenvalue weighted by atomic mass is 31.2. The fraction of sp³-hybridized carbons (Fsp3) is 1.00. The first kappa shape index (κ1) is 13.6. The highest BCUT2D eigenvalue weighted by Gasteiger charge is 2.00. The molecule has 0 unspecified atom stereocenters. The number of aliphatic hydroxyl groups is 2. The average molecular weight is 188 g/mol. The van der Waals surface area contributed by atoms with Gasteiger partial charge in [0.25, 0.3) is 0 Å². The van der Waals surface area contributed by atoms with Crippen LogP contribution in [-0.4, -0.2) is 31.2 Å². The fourth-order valence-electron chi connectivity index (χ4n) is 0.258. The van der Waals surface area contributed by atoms with Gasteiger partial charge in [-0.05, 0) is 6.42 Å². The lowest BCUT2D eigenvalue weighted by Gasteiger charge is -1.94. The second kappa shape index (κ2) is 6.72. The van der Waals surface area contributed by atoms with Crippen molar-refractivity contribution < 1.29 is 29.5 Å². The molecule has 0 radical (unpaired) electrons. The van der Waals surface area contributed by atoms with Gasteiger partial charge in [-0.25, -0.2) is 4.57 Å². The predicted octanol–water partition coefficient (Wildman–Crippen LogP) is -0.831. The van der Waals surface area contributed by atoms with Crippen molar-refractivity contribution in [2.45, 2.75) is 26.1 Å². The largest absolute Gasteiger partial charge is 0.466 e. The second-order valence-electron chi connectivity index (χ2n) is 1.78. The molecular formula is C4H13O6P. The summed E-state index contributed by atoms with van der Waals surface area (Å²) in [5.74, 6) is 0. The van der Waals surface area contributed by atoms with Crippen LogP contribution in [0.2, 0.25) is 0 Å². The molecule has 0 fully saturated rings. The topological polar surface area (TPSA) is 118 Å². The molecule has 0 rings (SSSR count). The van der Waals surface area contributed by atoms with Crippen LogP contribution >= 0.6 is 7.82 Å². The normalized spacial score (nSPS) is 10.8. The molecule has 0 saturated carbocycles. The van der Waals surface area contributed by atoms with Crippen molar-refractivity contribution in [1.29, 1.82) is 0 Å². The smallest absolute Gasteiger partial charge is 0.368 e. The summed E-state index contributed by atoms with van der Waals surface area (Å²) in [6.07, 6.45) is 0.215. The van der Waals surface area contributed by atoms with E-state index in [0.29, 0.717) is 6.42 Å². The second-order valence-corrected chi connectivity index (χ2v) is 2.81. The molecule has 0 heterocycles. The van der Waals surface area contributed by atoms with E-state index in [1.165, 1.54) is 0 Å². The predicted molar refractivity (Wildman–Crippen MR) is 37.4 cm³/mol. The van der Waals surface area contributed by atoms with Crippen molar-refractivity contribution in [3.63, 3.8) is 0 Å². The molecule has 0 aromatic heterocycles. The average Bonchev–Trinajstić information content (AvgIpc) is 1.58. The lowest BCUT2D eigenvalue weighted by atomic mass is 10.3. The van der Waals surface area contributed by atoms with E-state index in [1.54, 1.807) is 0 Å². The molecule has 0 aliphatic rings. The first-order valence-corrected chi connectivity index (χ1v) is 4.48. The van der Waals surface area contributed by atoms with E-state index in [9.17, 15) is 0 Å². The highest BCUT2D eigenvalue weighted by Crippen LogP contribution is 2.25. The van der Waals surface area contributed by atoms with Gasteiger partial charge >= 0.3 is 7.82 Å². The van der Waals surface area contributed by atoms with Gasteiger partial charge < -0.3 is 24.9 Å². The monoisotopic (exact) mass is 188 g/mol. The van der Waals surface area contributed by atoms with Gasteiger partial charge in [-0.2, -0.15) is 0 Å². The summed E-state index contributed by atoms with van der Waals surface area (Å²) < 4.78 is 8.88. The van der Waals surface area contributed by atoms with Crippen LogP contribution in [0.5, 0.6) is 0 Å². The Hall–Kier alpha value is 0.0300. The Kier molecular flexibility index (Phi) is 8.32. The van der Waals surface area contributed by atoms with Gasteiger partial charge in [0.2, 0.25) is 0 Å². The van der Waals surface area contributed by atoms with E-state index >= 15 is 0 Å².